The standard InChI is InChI=1S/C37H47N3O7/c1-44-31-19-15-28(16-20-31)37(27-11-6-4-7-12-27,29-17-21-32(45-2)22-18-29)47-26-30-13-10-24-40(30)34(41)14-8-5-9-23-39-36(43)33(38)25-35(42)46-3/h4,6-7,11-12,15-22,30,33H,5,8-10,13-14,23-26,38H2,1-3H3,(H,39,43)/t30-,33-/m0/s1. The molecule has 2 atom stereocenters. The molecule has 10 nitrogen and oxygen atoms in total. The number of methoxy groups -OCH3 is 3. The molecule has 3 aromatic rings. The van der Waals surface area contributed by atoms with Crippen LogP contribution >= 0.6 is 0 Å². The van der Waals surface area contributed by atoms with Crippen LogP contribution in [-0.2, 0) is 29.5 Å². The second kappa shape index (κ2) is 17.5. The van der Waals surface area contributed by atoms with E-state index in [1.54, 1.807) is 14.2 Å². The Hall–Kier alpha value is -4.41. The van der Waals surface area contributed by atoms with Crippen molar-refractivity contribution in [2.75, 3.05) is 41.0 Å². The summed E-state index contributed by atoms with van der Waals surface area (Å²) in [7, 11) is 4.55. The predicted octanol–water partition coefficient (Wildman–Crippen LogP) is 4.57. The number of carbonyl (C=O) groups is 3. The summed E-state index contributed by atoms with van der Waals surface area (Å²) in [6, 6.07) is 25.0. The highest BCUT2D eigenvalue weighted by Crippen LogP contribution is 2.42. The number of hydrogen-bond donors (Lipinski definition) is 2. The number of amides is 2. The number of nitrogens with one attached hydrogen (secondary N) is 1. The molecule has 0 aliphatic carbocycles. The second-order valence-corrected chi connectivity index (χ2v) is 11.7. The Labute approximate surface area is 277 Å². The maximum atomic E-state index is 13.4. The van der Waals surface area contributed by atoms with Gasteiger partial charge in [0.05, 0.1) is 46.4 Å². The molecule has 0 radical (unpaired) electrons. The quantitative estimate of drug-likeness (QED) is 0.124. The first kappa shape index (κ1) is 35.4. The van der Waals surface area contributed by atoms with Crippen LogP contribution in [0.15, 0.2) is 78.9 Å². The Bertz CT molecular complexity index is 1380. The van der Waals surface area contributed by atoms with Gasteiger partial charge in [0.25, 0.3) is 0 Å². The summed E-state index contributed by atoms with van der Waals surface area (Å²) in [5.41, 5.74) is 7.68. The zero-order chi connectivity index (χ0) is 33.6. The van der Waals surface area contributed by atoms with Crippen LogP contribution in [0, 0.1) is 0 Å². The molecule has 0 bridgehead atoms. The maximum absolute atomic E-state index is 13.4. The van der Waals surface area contributed by atoms with Gasteiger partial charge in [0.2, 0.25) is 11.8 Å². The van der Waals surface area contributed by atoms with Gasteiger partial charge in [0.15, 0.2) is 0 Å². The fourth-order valence-corrected chi connectivity index (χ4v) is 6.05. The third-order valence-electron chi connectivity index (χ3n) is 8.68. The fraction of sp³-hybridized carbons (Fsp3) is 0.432. The summed E-state index contributed by atoms with van der Waals surface area (Å²) in [6.45, 7) is 1.49. The lowest BCUT2D eigenvalue weighted by molar-refractivity contribution is -0.142. The van der Waals surface area contributed by atoms with Crippen LogP contribution in [0.4, 0.5) is 0 Å². The van der Waals surface area contributed by atoms with Gasteiger partial charge in [-0.05, 0) is 66.6 Å². The molecule has 3 N–H and O–H groups in total. The minimum atomic E-state index is -0.944. The zero-order valence-electron chi connectivity index (χ0n) is 27.6. The van der Waals surface area contributed by atoms with Crippen molar-refractivity contribution in [1.29, 1.82) is 0 Å². The number of likely N-dealkylation sites (tertiary alicyclic amines) is 1. The van der Waals surface area contributed by atoms with E-state index in [1.165, 1.54) is 7.11 Å². The lowest BCUT2D eigenvalue weighted by Gasteiger charge is -2.38. The third kappa shape index (κ3) is 9.11. The Morgan fingerprint density at radius 1 is 0.851 bits per heavy atom. The molecule has 1 fully saturated rings. The molecule has 1 aliphatic rings. The lowest BCUT2D eigenvalue weighted by Crippen LogP contribution is -2.42. The maximum Gasteiger partial charge on any atom is 0.307 e. The number of ether oxygens (including phenoxy) is 4. The number of hydrogen-bond acceptors (Lipinski definition) is 8. The minimum Gasteiger partial charge on any atom is -0.497 e. The van der Waals surface area contributed by atoms with Crippen LogP contribution in [0.2, 0.25) is 0 Å². The summed E-state index contributed by atoms with van der Waals surface area (Å²) >= 11 is 0. The van der Waals surface area contributed by atoms with Gasteiger partial charge in [-0.25, -0.2) is 0 Å². The first-order chi connectivity index (χ1) is 22.8. The van der Waals surface area contributed by atoms with Crippen molar-refractivity contribution >= 4 is 17.8 Å². The van der Waals surface area contributed by atoms with E-state index in [4.69, 9.17) is 19.9 Å². The summed E-state index contributed by atoms with van der Waals surface area (Å²) in [5, 5.41) is 2.75. The normalized spacial score (nSPS) is 15.1. The van der Waals surface area contributed by atoms with Crippen molar-refractivity contribution in [2.45, 2.75) is 62.6 Å². The first-order valence-corrected chi connectivity index (χ1v) is 16.2. The summed E-state index contributed by atoms with van der Waals surface area (Å²) in [6.07, 6.45) is 4.23. The molecule has 1 saturated heterocycles. The predicted molar refractivity (Wildman–Crippen MR) is 179 cm³/mol. The van der Waals surface area contributed by atoms with E-state index < -0.39 is 17.6 Å². The Kier molecular flexibility index (Phi) is 13.2. The molecule has 4 rings (SSSR count). The van der Waals surface area contributed by atoms with Crippen molar-refractivity contribution in [1.82, 2.24) is 10.2 Å². The minimum absolute atomic E-state index is 0.0577. The molecule has 47 heavy (non-hydrogen) atoms. The molecular weight excluding hydrogens is 598 g/mol. The molecule has 2 amide bonds. The van der Waals surface area contributed by atoms with E-state index in [2.05, 4.69) is 22.2 Å². The number of nitrogens with two attached hydrogens (primary N) is 1. The van der Waals surface area contributed by atoms with E-state index in [-0.39, 0.29) is 24.3 Å². The van der Waals surface area contributed by atoms with Crippen LogP contribution in [-0.4, -0.2) is 75.8 Å². The number of rotatable bonds is 17. The van der Waals surface area contributed by atoms with Crippen LogP contribution in [0.5, 0.6) is 11.5 Å². The molecule has 0 unspecified atom stereocenters. The monoisotopic (exact) mass is 645 g/mol. The number of esters is 1. The second-order valence-electron chi connectivity index (χ2n) is 11.7. The van der Waals surface area contributed by atoms with E-state index >= 15 is 0 Å². The Balaban J connectivity index is 1.43. The van der Waals surface area contributed by atoms with Crippen LogP contribution in [0.3, 0.4) is 0 Å². The Morgan fingerprint density at radius 3 is 2.02 bits per heavy atom. The highest BCUT2D eigenvalue weighted by atomic mass is 16.5. The number of unbranched alkanes of at least 4 members (excludes halogenated alkanes) is 2. The number of benzene rings is 3. The van der Waals surface area contributed by atoms with Gasteiger partial charge in [-0.3, -0.25) is 14.4 Å². The van der Waals surface area contributed by atoms with Gasteiger partial charge < -0.3 is 34.9 Å². The van der Waals surface area contributed by atoms with Gasteiger partial charge >= 0.3 is 5.97 Å². The van der Waals surface area contributed by atoms with E-state index in [0.29, 0.717) is 39.0 Å². The molecule has 1 heterocycles. The highest BCUT2D eigenvalue weighted by molar-refractivity contribution is 5.86. The molecule has 3 aromatic carbocycles. The molecule has 0 spiro atoms. The van der Waals surface area contributed by atoms with Crippen molar-refractivity contribution in [3.05, 3.63) is 95.6 Å². The Morgan fingerprint density at radius 2 is 1.45 bits per heavy atom. The smallest absolute Gasteiger partial charge is 0.307 e. The van der Waals surface area contributed by atoms with Crippen LogP contribution in [0.25, 0.3) is 0 Å². The summed E-state index contributed by atoms with van der Waals surface area (Å²) in [4.78, 5) is 38.8. The van der Waals surface area contributed by atoms with Gasteiger partial charge in [-0.1, -0.05) is 61.0 Å². The van der Waals surface area contributed by atoms with E-state index in [0.717, 1.165) is 47.5 Å². The number of nitrogens with zero attached hydrogens (tertiary/aromatic N) is 1. The molecule has 0 saturated carbocycles. The molecule has 252 valence electrons. The molecule has 0 aromatic heterocycles. The highest BCUT2D eigenvalue weighted by Gasteiger charge is 2.40. The fourth-order valence-electron chi connectivity index (χ4n) is 6.05. The van der Waals surface area contributed by atoms with Crippen molar-refractivity contribution in [3.8, 4) is 11.5 Å². The molecular formula is C37H47N3O7. The van der Waals surface area contributed by atoms with Crippen LogP contribution < -0.4 is 20.5 Å². The summed E-state index contributed by atoms with van der Waals surface area (Å²) < 4.78 is 22.5. The van der Waals surface area contributed by atoms with Crippen molar-refractivity contribution in [3.63, 3.8) is 0 Å². The van der Waals surface area contributed by atoms with E-state index in [1.807, 2.05) is 71.6 Å². The SMILES string of the molecule is COC(=O)C[C@H](N)C(=O)NCCCCCC(=O)N1CCC[C@H]1COC(c1ccccc1)(c1ccc(OC)cc1)c1ccc(OC)cc1. The average molecular weight is 646 g/mol. The molecule has 10 heteroatoms. The lowest BCUT2D eigenvalue weighted by atomic mass is 9.80. The van der Waals surface area contributed by atoms with Gasteiger partial charge in [0.1, 0.15) is 17.1 Å². The molecule has 1 aliphatic heterocycles. The van der Waals surface area contributed by atoms with Crippen molar-refractivity contribution in [2.24, 2.45) is 5.73 Å². The van der Waals surface area contributed by atoms with E-state index in [9.17, 15) is 14.4 Å². The topological polar surface area (TPSA) is 129 Å². The first-order valence-electron chi connectivity index (χ1n) is 16.2. The summed E-state index contributed by atoms with van der Waals surface area (Å²) in [5.74, 6) is 0.704. The van der Waals surface area contributed by atoms with Crippen molar-refractivity contribution < 1.29 is 33.3 Å². The zero-order valence-corrected chi connectivity index (χ0v) is 27.6. The van der Waals surface area contributed by atoms with Crippen LogP contribution in [0.1, 0.15) is 61.6 Å². The average Bonchev–Trinajstić information content (AvgIpc) is 3.59. The number of carbonyl (C=O) groups excluding carboxylic acids is 3. The van der Waals surface area contributed by atoms with Gasteiger partial charge in [0, 0.05) is 19.5 Å². The third-order valence-corrected chi connectivity index (χ3v) is 8.68. The van der Waals surface area contributed by atoms with Gasteiger partial charge in [-0.15, -0.1) is 0 Å². The van der Waals surface area contributed by atoms with Gasteiger partial charge in [-0.2, -0.15) is 0 Å². The largest absolute Gasteiger partial charge is 0.497 e.